The van der Waals surface area contributed by atoms with Crippen LogP contribution < -0.4 is 0 Å². The van der Waals surface area contributed by atoms with Crippen molar-refractivity contribution in [3.05, 3.63) is 60.7 Å². The molecule has 2 nitrogen and oxygen atoms in total. The minimum Gasteiger partial charge on any atom is -0.259 e. The summed E-state index contributed by atoms with van der Waals surface area (Å²) in [7, 11) is 0. The third kappa shape index (κ3) is 4.15. The fourth-order valence-corrected chi connectivity index (χ4v) is 1.49. The Labute approximate surface area is 112 Å². The van der Waals surface area contributed by atoms with Crippen LogP contribution >= 0.6 is 11.6 Å². The van der Waals surface area contributed by atoms with Crippen LogP contribution in [0, 0.1) is 0 Å². The summed E-state index contributed by atoms with van der Waals surface area (Å²) in [5, 5.41) is -0.314. The Morgan fingerprint density at radius 1 is 0.722 bits per heavy atom. The number of nitrogens with zero attached hydrogens (tertiary/aromatic N) is 2. The monoisotopic (exact) mass is 256 g/mol. The van der Waals surface area contributed by atoms with Gasteiger partial charge in [0.15, 0.2) is 0 Å². The first-order valence-electron chi connectivity index (χ1n) is 5.67. The van der Waals surface area contributed by atoms with Gasteiger partial charge in [-0.3, -0.25) is 9.98 Å². The van der Waals surface area contributed by atoms with Crippen molar-refractivity contribution >= 4 is 35.4 Å². The van der Waals surface area contributed by atoms with Crippen LogP contribution in [0.4, 0.5) is 11.4 Å². The molecule has 0 spiro atoms. The second kappa shape index (κ2) is 6.72. The van der Waals surface area contributed by atoms with E-state index in [1.165, 1.54) is 0 Å². The highest BCUT2D eigenvalue weighted by molar-refractivity contribution is 6.36. The van der Waals surface area contributed by atoms with E-state index in [0.717, 1.165) is 11.4 Å². The Bertz CT molecular complexity index is 471. The van der Waals surface area contributed by atoms with Gasteiger partial charge in [0.2, 0.25) is 0 Å². The smallest absolute Gasteiger partial charge is 0.104 e. The van der Waals surface area contributed by atoms with Crippen LogP contribution in [0.3, 0.4) is 0 Å². The average Bonchev–Trinajstić information content (AvgIpc) is 2.45. The van der Waals surface area contributed by atoms with Gasteiger partial charge in [-0.25, -0.2) is 0 Å². The van der Waals surface area contributed by atoms with Crippen molar-refractivity contribution in [3.8, 4) is 0 Å². The van der Waals surface area contributed by atoms with Gasteiger partial charge in [-0.05, 0) is 24.3 Å². The molecule has 0 saturated heterocycles. The quantitative estimate of drug-likeness (QED) is 0.572. The van der Waals surface area contributed by atoms with Crippen molar-refractivity contribution in [1.82, 2.24) is 0 Å². The van der Waals surface area contributed by atoms with E-state index in [1.807, 2.05) is 60.7 Å². The first-order chi connectivity index (χ1) is 8.84. The molecule has 18 heavy (non-hydrogen) atoms. The third-order valence-electron chi connectivity index (χ3n) is 2.24. The van der Waals surface area contributed by atoms with E-state index in [1.54, 1.807) is 12.4 Å². The summed E-state index contributed by atoms with van der Waals surface area (Å²) in [5.41, 5.74) is 1.77. The van der Waals surface area contributed by atoms with Gasteiger partial charge < -0.3 is 0 Å². The summed E-state index contributed by atoms with van der Waals surface area (Å²) >= 11 is 6.08. The minimum absolute atomic E-state index is 0.314. The number of benzene rings is 2. The SMILES string of the molecule is ClC(C=Nc1ccccc1)C=Nc1ccccc1. The number of hydrogen-bond acceptors (Lipinski definition) is 2. The number of hydrogen-bond donors (Lipinski definition) is 0. The van der Waals surface area contributed by atoms with Crippen LogP contribution in [0.25, 0.3) is 0 Å². The molecular formula is C15H13ClN2. The van der Waals surface area contributed by atoms with Gasteiger partial charge in [-0.1, -0.05) is 36.4 Å². The molecule has 0 aromatic heterocycles. The molecule has 0 heterocycles. The van der Waals surface area contributed by atoms with Gasteiger partial charge in [-0.15, -0.1) is 11.6 Å². The maximum absolute atomic E-state index is 6.08. The second-order valence-corrected chi connectivity index (χ2v) is 4.18. The summed E-state index contributed by atoms with van der Waals surface area (Å²) in [5.74, 6) is 0. The summed E-state index contributed by atoms with van der Waals surface area (Å²) in [6.07, 6.45) is 3.34. The molecular weight excluding hydrogens is 244 g/mol. The number of alkyl halides is 1. The molecule has 0 saturated carbocycles. The molecule has 0 radical (unpaired) electrons. The molecule has 0 bridgehead atoms. The van der Waals surface area contributed by atoms with Crippen LogP contribution in [-0.4, -0.2) is 17.8 Å². The lowest BCUT2D eigenvalue weighted by Gasteiger charge is -1.96. The zero-order chi connectivity index (χ0) is 12.6. The van der Waals surface area contributed by atoms with Gasteiger partial charge in [0.25, 0.3) is 0 Å². The van der Waals surface area contributed by atoms with Crippen molar-refractivity contribution in [2.45, 2.75) is 5.38 Å². The van der Waals surface area contributed by atoms with E-state index in [2.05, 4.69) is 9.98 Å². The highest BCUT2D eigenvalue weighted by Crippen LogP contribution is 2.11. The van der Waals surface area contributed by atoms with E-state index in [4.69, 9.17) is 11.6 Å². The molecule has 0 aliphatic heterocycles. The van der Waals surface area contributed by atoms with Gasteiger partial charge in [-0.2, -0.15) is 0 Å². The van der Waals surface area contributed by atoms with Crippen LogP contribution in [-0.2, 0) is 0 Å². The number of rotatable bonds is 4. The molecule has 2 aromatic rings. The lowest BCUT2D eigenvalue weighted by atomic mass is 10.3. The zero-order valence-corrected chi connectivity index (χ0v) is 10.5. The van der Waals surface area contributed by atoms with E-state index in [0.29, 0.717) is 0 Å². The van der Waals surface area contributed by atoms with Crippen molar-refractivity contribution in [2.24, 2.45) is 9.98 Å². The highest BCUT2D eigenvalue weighted by Gasteiger charge is 1.95. The van der Waals surface area contributed by atoms with Crippen LogP contribution in [0.2, 0.25) is 0 Å². The van der Waals surface area contributed by atoms with Crippen LogP contribution in [0.5, 0.6) is 0 Å². The third-order valence-corrected chi connectivity index (χ3v) is 2.47. The van der Waals surface area contributed by atoms with Crippen molar-refractivity contribution in [1.29, 1.82) is 0 Å². The fourth-order valence-electron chi connectivity index (χ4n) is 1.38. The van der Waals surface area contributed by atoms with Gasteiger partial charge in [0.1, 0.15) is 5.38 Å². The zero-order valence-electron chi connectivity index (χ0n) is 9.78. The lowest BCUT2D eigenvalue weighted by Crippen LogP contribution is -2.00. The fraction of sp³-hybridized carbons (Fsp3) is 0.0667. The molecule has 0 unspecified atom stereocenters. The maximum atomic E-state index is 6.08. The number of para-hydroxylation sites is 2. The number of aliphatic imine (C=N–C) groups is 2. The van der Waals surface area contributed by atoms with E-state index in [9.17, 15) is 0 Å². The van der Waals surface area contributed by atoms with Crippen molar-refractivity contribution < 1.29 is 0 Å². The molecule has 0 fully saturated rings. The summed E-state index contributed by atoms with van der Waals surface area (Å²) < 4.78 is 0. The largest absolute Gasteiger partial charge is 0.259 e. The molecule has 90 valence electrons. The Morgan fingerprint density at radius 2 is 1.11 bits per heavy atom. The second-order valence-electron chi connectivity index (χ2n) is 3.67. The Morgan fingerprint density at radius 3 is 1.50 bits per heavy atom. The summed E-state index contributed by atoms with van der Waals surface area (Å²) in [6.45, 7) is 0. The average molecular weight is 257 g/mol. The van der Waals surface area contributed by atoms with Crippen molar-refractivity contribution in [3.63, 3.8) is 0 Å². The Hall–Kier alpha value is -1.93. The van der Waals surface area contributed by atoms with E-state index >= 15 is 0 Å². The lowest BCUT2D eigenvalue weighted by molar-refractivity contribution is 1.48. The Balaban J connectivity index is 1.95. The van der Waals surface area contributed by atoms with Crippen LogP contribution in [0.1, 0.15) is 0 Å². The molecule has 0 aliphatic carbocycles. The van der Waals surface area contributed by atoms with E-state index < -0.39 is 0 Å². The first-order valence-corrected chi connectivity index (χ1v) is 6.11. The van der Waals surface area contributed by atoms with Gasteiger partial charge >= 0.3 is 0 Å². The molecule has 0 amide bonds. The molecule has 2 rings (SSSR count). The van der Waals surface area contributed by atoms with Gasteiger partial charge in [0.05, 0.1) is 11.4 Å². The maximum Gasteiger partial charge on any atom is 0.104 e. The van der Waals surface area contributed by atoms with Crippen molar-refractivity contribution in [2.75, 3.05) is 0 Å². The molecule has 0 aliphatic rings. The standard InChI is InChI=1S/C15H13ClN2/c16-13(11-17-14-7-3-1-4-8-14)12-18-15-9-5-2-6-10-15/h1-13H. The summed E-state index contributed by atoms with van der Waals surface area (Å²) in [6, 6.07) is 19.4. The van der Waals surface area contributed by atoms with Crippen LogP contribution in [0.15, 0.2) is 70.6 Å². The van der Waals surface area contributed by atoms with Gasteiger partial charge in [0, 0.05) is 12.4 Å². The normalized spacial score (nSPS) is 13.2. The number of halogens is 1. The summed E-state index contributed by atoms with van der Waals surface area (Å²) in [4.78, 5) is 8.54. The van der Waals surface area contributed by atoms with E-state index in [-0.39, 0.29) is 5.38 Å². The molecule has 0 N–H and O–H groups in total. The first kappa shape index (κ1) is 12.5. The predicted molar refractivity (Wildman–Crippen MR) is 78.8 cm³/mol. The topological polar surface area (TPSA) is 24.7 Å². The highest BCUT2D eigenvalue weighted by atomic mass is 35.5. The minimum atomic E-state index is -0.314. The molecule has 3 heteroatoms. The molecule has 0 atom stereocenters. The Kier molecular flexibility index (Phi) is 4.68. The predicted octanol–water partition coefficient (Wildman–Crippen LogP) is 4.40. The molecule has 2 aromatic carbocycles.